The van der Waals surface area contributed by atoms with Crippen LogP contribution in [0.4, 0.5) is 0 Å². The van der Waals surface area contributed by atoms with Crippen LogP contribution in [0.5, 0.6) is 0 Å². The highest BCUT2D eigenvalue weighted by Crippen LogP contribution is 2.22. The first kappa shape index (κ1) is 10.3. The van der Waals surface area contributed by atoms with Crippen LogP contribution >= 0.6 is 15.9 Å². The zero-order chi connectivity index (χ0) is 10.8. The lowest BCUT2D eigenvalue weighted by Gasteiger charge is -2.07. The van der Waals surface area contributed by atoms with Crippen molar-refractivity contribution in [3.8, 4) is 5.69 Å². The van der Waals surface area contributed by atoms with Crippen molar-refractivity contribution >= 4 is 15.9 Å². The van der Waals surface area contributed by atoms with Crippen LogP contribution in [0.2, 0.25) is 0 Å². The number of aromatic nitrogens is 3. The molecule has 0 amide bonds. The molecule has 0 unspecified atom stereocenters. The van der Waals surface area contributed by atoms with Crippen LogP contribution < -0.4 is 5.73 Å². The van der Waals surface area contributed by atoms with Crippen molar-refractivity contribution in [2.24, 2.45) is 5.73 Å². The van der Waals surface area contributed by atoms with Crippen LogP contribution in [-0.4, -0.2) is 15.0 Å². The summed E-state index contributed by atoms with van der Waals surface area (Å²) in [6.07, 6.45) is 1.68. The molecular formula is C10H11BrN4. The molecule has 2 aromatic rings. The second-order valence-corrected chi connectivity index (χ2v) is 4.15. The molecule has 1 aromatic carbocycles. The lowest BCUT2D eigenvalue weighted by Crippen LogP contribution is -2.07. The van der Waals surface area contributed by atoms with Crippen molar-refractivity contribution in [1.82, 2.24) is 15.0 Å². The van der Waals surface area contributed by atoms with Gasteiger partial charge in [0.05, 0.1) is 17.6 Å². The standard InChI is InChI=1S/C10H11BrN4/c1-7-2-3-9(11)10(4-7)15-8(5-12)6-13-14-15/h2-4,6H,5,12H2,1H3. The predicted octanol–water partition coefficient (Wildman–Crippen LogP) is 1.80. The summed E-state index contributed by atoms with van der Waals surface area (Å²) >= 11 is 3.49. The summed E-state index contributed by atoms with van der Waals surface area (Å²) in [6.45, 7) is 2.46. The Bertz CT molecular complexity index is 478. The first-order chi connectivity index (χ1) is 7.22. The van der Waals surface area contributed by atoms with Gasteiger partial charge in [-0.15, -0.1) is 5.10 Å². The molecule has 2 N–H and O–H groups in total. The molecule has 78 valence electrons. The number of hydrogen-bond donors (Lipinski definition) is 1. The normalized spacial score (nSPS) is 10.6. The molecule has 0 fully saturated rings. The van der Waals surface area contributed by atoms with Gasteiger partial charge < -0.3 is 5.73 Å². The molecule has 5 heteroatoms. The number of halogens is 1. The summed E-state index contributed by atoms with van der Waals surface area (Å²) < 4.78 is 2.73. The molecule has 0 radical (unpaired) electrons. The Morgan fingerprint density at radius 1 is 1.47 bits per heavy atom. The number of nitrogens with two attached hydrogens (primary N) is 1. The van der Waals surface area contributed by atoms with Crippen LogP contribution in [-0.2, 0) is 6.54 Å². The maximum Gasteiger partial charge on any atom is 0.0811 e. The fourth-order valence-corrected chi connectivity index (χ4v) is 1.80. The van der Waals surface area contributed by atoms with Gasteiger partial charge in [0.1, 0.15) is 0 Å². The minimum Gasteiger partial charge on any atom is -0.325 e. The van der Waals surface area contributed by atoms with E-state index in [4.69, 9.17) is 5.73 Å². The molecule has 15 heavy (non-hydrogen) atoms. The highest BCUT2D eigenvalue weighted by molar-refractivity contribution is 9.10. The van der Waals surface area contributed by atoms with Gasteiger partial charge in [-0.3, -0.25) is 0 Å². The number of nitrogens with zero attached hydrogens (tertiary/aromatic N) is 3. The van der Waals surface area contributed by atoms with E-state index in [1.165, 1.54) is 5.56 Å². The van der Waals surface area contributed by atoms with E-state index in [1.54, 1.807) is 10.9 Å². The van der Waals surface area contributed by atoms with E-state index < -0.39 is 0 Å². The summed E-state index contributed by atoms with van der Waals surface area (Å²) in [4.78, 5) is 0. The van der Waals surface area contributed by atoms with Gasteiger partial charge in [0.25, 0.3) is 0 Å². The Kier molecular flexibility index (Phi) is 2.83. The van der Waals surface area contributed by atoms with E-state index >= 15 is 0 Å². The molecule has 0 aliphatic heterocycles. The van der Waals surface area contributed by atoms with Gasteiger partial charge in [0.15, 0.2) is 0 Å². The fourth-order valence-electron chi connectivity index (χ4n) is 1.38. The zero-order valence-electron chi connectivity index (χ0n) is 8.31. The Balaban J connectivity index is 2.58. The SMILES string of the molecule is Cc1ccc(Br)c(-n2nncc2CN)c1. The number of aryl methyl sites for hydroxylation is 1. The summed E-state index contributed by atoms with van der Waals surface area (Å²) in [7, 11) is 0. The molecule has 1 heterocycles. The van der Waals surface area contributed by atoms with Crippen molar-refractivity contribution in [2.75, 3.05) is 0 Å². The molecule has 4 nitrogen and oxygen atoms in total. The van der Waals surface area contributed by atoms with E-state index in [1.807, 2.05) is 25.1 Å². The monoisotopic (exact) mass is 266 g/mol. The van der Waals surface area contributed by atoms with Crippen LogP contribution in [0.25, 0.3) is 5.69 Å². The Morgan fingerprint density at radius 2 is 2.27 bits per heavy atom. The van der Waals surface area contributed by atoms with Crippen molar-refractivity contribution in [2.45, 2.75) is 13.5 Å². The summed E-state index contributed by atoms with van der Waals surface area (Å²) in [5.74, 6) is 0. The molecular weight excluding hydrogens is 256 g/mol. The maximum atomic E-state index is 5.60. The molecule has 0 bridgehead atoms. The van der Waals surface area contributed by atoms with Gasteiger partial charge in [-0.1, -0.05) is 11.3 Å². The smallest absolute Gasteiger partial charge is 0.0811 e. The second kappa shape index (κ2) is 4.12. The minimum atomic E-state index is 0.424. The average Bonchev–Trinajstić information content (AvgIpc) is 2.69. The first-order valence-electron chi connectivity index (χ1n) is 4.58. The van der Waals surface area contributed by atoms with Crippen LogP contribution in [0, 0.1) is 6.92 Å². The highest BCUT2D eigenvalue weighted by atomic mass is 79.9. The third-order valence-corrected chi connectivity index (χ3v) is 2.83. The Hall–Kier alpha value is -1.20. The lowest BCUT2D eigenvalue weighted by atomic mass is 10.2. The van der Waals surface area contributed by atoms with E-state index in [9.17, 15) is 0 Å². The van der Waals surface area contributed by atoms with E-state index in [-0.39, 0.29) is 0 Å². The molecule has 0 aliphatic carbocycles. The quantitative estimate of drug-likeness (QED) is 0.902. The van der Waals surface area contributed by atoms with E-state index in [0.717, 1.165) is 15.9 Å². The van der Waals surface area contributed by atoms with Crippen LogP contribution in [0.3, 0.4) is 0 Å². The molecule has 1 aromatic heterocycles. The molecule has 0 spiro atoms. The number of benzene rings is 1. The largest absolute Gasteiger partial charge is 0.325 e. The van der Waals surface area contributed by atoms with E-state index in [2.05, 4.69) is 26.2 Å². The maximum absolute atomic E-state index is 5.60. The van der Waals surface area contributed by atoms with Gasteiger partial charge in [-0.05, 0) is 40.5 Å². The topological polar surface area (TPSA) is 56.7 Å². The first-order valence-corrected chi connectivity index (χ1v) is 5.38. The lowest BCUT2D eigenvalue weighted by molar-refractivity contribution is 0.758. The van der Waals surface area contributed by atoms with Gasteiger partial charge in [0.2, 0.25) is 0 Å². The van der Waals surface area contributed by atoms with Gasteiger partial charge in [0, 0.05) is 11.0 Å². The Morgan fingerprint density at radius 3 is 3.00 bits per heavy atom. The van der Waals surface area contributed by atoms with Crippen LogP contribution in [0.15, 0.2) is 28.9 Å². The fraction of sp³-hybridized carbons (Fsp3) is 0.200. The third-order valence-electron chi connectivity index (χ3n) is 2.16. The number of hydrogen-bond acceptors (Lipinski definition) is 3. The summed E-state index contributed by atoms with van der Waals surface area (Å²) in [6, 6.07) is 6.07. The van der Waals surface area contributed by atoms with E-state index in [0.29, 0.717) is 6.54 Å². The minimum absolute atomic E-state index is 0.424. The van der Waals surface area contributed by atoms with Crippen molar-refractivity contribution < 1.29 is 0 Å². The van der Waals surface area contributed by atoms with Crippen molar-refractivity contribution in [3.63, 3.8) is 0 Å². The molecule has 0 aliphatic rings. The third kappa shape index (κ3) is 1.93. The molecule has 0 saturated carbocycles. The van der Waals surface area contributed by atoms with Gasteiger partial charge in [-0.2, -0.15) is 0 Å². The van der Waals surface area contributed by atoms with Crippen molar-refractivity contribution in [1.29, 1.82) is 0 Å². The van der Waals surface area contributed by atoms with Gasteiger partial charge >= 0.3 is 0 Å². The molecule has 2 rings (SSSR count). The average molecular weight is 267 g/mol. The predicted molar refractivity (Wildman–Crippen MR) is 61.7 cm³/mol. The number of rotatable bonds is 2. The summed E-state index contributed by atoms with van der Waals surface area (Å²) in [5, 5.41) is 7.87. The zero-order valence-corrected chi connectivity index (χ0v) is 9.90. The Labute approximate surface area is 96.2 Å². The van der Waals surface area contributed by atoms with Gasteiger partial charge in [-0.25, -0.2) is 4.68 Å². The molecule has 0 saturated heterocycles. The summed E-state index contributed by atoms with van der Waals surface area (Å²) in [5.41, 5.74) is 8.63. The molecule has 0 atom stereocenters. The highest BCUT2D eigenvalue weighted by Gasteiger charge is 2.08. The second-order valence-electron chi connectivity index (χ2n) is 3.30. The van der Waals surface area contributed by atoms with Crippen LogP contribution in [0.1, 0.15) is 11.3 Å². The van der Waals surface area contributed by atoms with Crippen molar-refractivity contribution in [3.05, 3.63) is 40.1 Å².